The molecule has 5 rings (SSSR count). The van der Waals surface area contributed by atoms with E-state index in [0.717, 1.165) is 58.8 Å². The maximum atomic E-state index is 11.6. The predicted octanol–water partition coefficient (Wildman–Crippen LogP) is 8.46. The largest absolute Gasteiger partial charge is 0.336 e. The molecule has 2 aromatic carbocycles. The molecule has 10 heteroatoms. The first-order valence-electron chi connectivity index (χ1n) is 15.9. The highest BCUT2D eigenvalue weighted by Gasteiger charge is 2.46. The first-order valence-corrected chi connectivity index (χ1v) is 19.3. The van der Waals surface area contributed by atoms with Gasteiger partial charge in [-0.15, -0.1) is 11.3 Å². The van der Waals surface area contributed by atoms with Crippen LogP contribution in [0.2, 0.25) is 0 Å². The monoisotopic (exact) mass is 691 g/mol. The van der Waals surface area contributed by atoms with Crippen molar-refractivity contribution in [3.8, 4) is 0 Å². The molecule has 248 valence electrons. The van der Waals surface area contributed by atoms with Crippen LogP contribution < -0.4 is 4.90 Å². The summed E-state index contributed by atoms with van der Waals surface area (Å²) in [4.78, 5) is 13.5. The fraction of sp³-hybridized carbons (Fsp3) is 0.351. The third kappa shape index (κ3) is 7.42. The number of nitrogens with zero attached hydrogens (tertiary/aromatic N) is 2. The van der Waals surface area contributed by atoms with Crippen molar-refractivity contribution in [2.24, 2.45) is 0 Å². The molecule has 1 aromatic heterocycles. The molecule has 7 nitrogen and oxygen atoms in total. The fourth-order valence-corrected chi connectivity index (χ4v) is 9.12. The number of hydrogen-bond acceptors (Lipinski definition) is 7. The van der Waals surface area contributed by atoms with Crippen molar-refractivity contribution in [2.45, 2.75) is 57.3 Å². The molecular weight excluding hydrogens is 649 g/mol. The van der Waals surface area contributed by atoms with Gasteiger partial charge in [0.15, 0.2) is 12.3 Å². The summed E-state index contributed by atoms with van der Waals surface area (Å²) >= 11 is 2.58. The summed E-state index contributed by atoms with van der Waals surface area (Å²) in [7, 11) is -4.08. The molecule has 0 spiro atoms. The van der Waals surface area contributed by atoms with E-state index in [9.17, 15) is 22.3 Å². The zero-order valence-corrected chi connectivity index (χ0v) is 29.6. The highest BCUT2D eigenvalue weighted by atomic mass is 32.2. The molecule has 0 saturated carbocycles. The van der Waals surface area contributed by atoms with E-state index in [0.29, 0.717) is 31.6 Å². The normalized spacial score (nSPS) is 20.1. The average Bonchev–Trinajstić information content (AvgIpc) is 3.60. The summed E-state index contributed by atoms with van der Waals surface area (Å²) < 4.78 is 45.6. The lowest BCUT2D eigenvalue weighted by molar-refractivity contribution is -0.436. The molecule has 3 aromatic rings. The molecule has 47 heavy (non-hydrogen) atoms. The number of aldehydes is 1. The molecule has 3 heterocycles. The predicted molar refractivity (Wildman–Crippen MR) is 197 cm³/mol. The number of rotatable bonds is 15. The Morgan fingerprint density at radius 1 is 0.979 bits per heavy atom. The van der Waals surface area contributed by atoms with Gasteiger partial charge in [0.2, 0.25) is 5.69 Å². The number of para-hydroxylation sites is 1. The van der Waals surface area contributed by atoms with Crippen molar-refractivity contribution in [1.82, 2.24) is 0 Å². The van der Waals surface area contributed by atoms with Crippen molar-refractivity contribution < 1.29 is 26.9 Å². The first kappa shape index (κ1) is 35.0. The molecule has 2 N–H and O–H groups in total. The number of thiophene rings is 1. The third-order valence-corrected chi connectivity index (χ3v) is 11.6. The molecule has 0 bridgehead atoms. The maximum Gasteiger partial charge on any atom is 0.264 e. The van der Waals surface area contributed by atoms with Gasteiger partial charge in [-0.2, -0.15) is 13.0 Å². The Balaban J connectivity index is 1.43. The van der Waals surface area contributed by atoms with Gasteiger partial charge in [0.1, 0.15) is 11.3 Å². The van der Waals surface area contributed by atoms with E-state index in [4.69, 9.17) is 0 Å². The number of carbonyl (C=O) groups is 1. The number of anilines is 1. The SMILES string of the molecule is CC1(C)C(/C=C/C=C/C=C/C=C2\N(CCCSO)c3sc4ccccc4c3C2(C)CCCS(=O)(=O)O)=[N+](CCC=O)c2ccccc21. The number of hydrogen-bond donors (Lipinski definition) is 2. The molecule has 1 atom stereocenters. The van der Waals surface area contributed by atoms with Crippen LogP contribution >= 0.6 is 23.4 Å². The molecule has 0 saturated heterocycles. The number of allylic oxidation sites excluding steroid dienone is 8. The van der Waals surface area contributed by atoms with Crippen LogP contribution in [0.1, 0.15) is 57.6 Å². The van der Waals surface area contributed by atoms with Crippen molar-refractivity contribution in [2.75, 3.05) is 29.5 Å². The Kier molecular flexibility index (Phi) is 11.1. The molecule has 0 radical (unpaired) electrons. The summed E-state index contributed by atoms with van der Waals surface area (Å²) in [5.74, 6) is 0.328. The zero-order chi connectivity index (χ0) is 33.7. The van der Waals surface area contributed by atoms with Gasteiger partial charge in [-0.05, 0) is 69.6 Å². The highest BCUT2D eigenvalue weighted by Crippen LogP contribution is 2.57. The van der Waals surface area contributed by atoms with Crippen LogP contribution in [0.3, 0.4) is 0 Å². The molecule has 0 fully saturated rings. The van der Waals surface area contributed by atoms with Gasteiger partial charge < -0.3 is 14.2 Å². The van der Waals surface area contributed by atoms with Gasteiger partial charge in [-0.1, -0.05) is 66.8 Å². The van der Waals surface area contributed by atoms with Gasteiger partial charge in [-0.25, -0.2) is 0 Å². The van der Waals surface area contributed by atoms with Gasteiger partial charge in [0, 0.05) is 51.4 Å². The van der Waals surface area contributed by atoms with Crippen LogP contribution in [0.15, 0.2) is 96.8 Å². The summed E-state index contributed by atoms with van der Waals surface area (Å²) in [5, 5.41) is 2.32. The number of benzene rings is 2. The third-order valence-electron chi connectivity index (χ3n) is 9.15. The number of fused-ring (bicyclic) bond motifs is 4. The van der Waals surface area contributed by atoms with Crippen LogP contribution in [0.25, 0.3) is 10.1 Å². The van der Waals surface area contributed by atoms with Crippen molar-refractivity contribution >= 4 is 66.3 Å². The van der Waals surface area contributed by atoms with Crippen molar-refractivity contribution in [3.63, 3.8) is 0 Å². The standard InChI is InChI=1S/C37H42N2O5S3/c1-36(2)29-17-10-11-18-30(29)38(23-14-25-40)32(36)20-7-5-4-6-8-21-33-37(3,22-13-27-47(42,43)44)34-28-16-9-12-19-31(28)46-35(34)39(33)24-15-26-45-41/h4-12,16-21,25H,13-15,22-24,26-27H2,1-3H3,(H-,41,42,43,44)/p+1. The topological polar surface area (TPSA) is 97.9 Å². The number of carbonyl (C=O) groups excluding carboxylic acids is 1. The molecule has 1 unspecified atom stereocenters. The Labute approximate surface area is 286 Å². The highest BCUT2D eigenvalue weighted by molar-refractivity contribution is 7.93. The lowest BCUT2D eigenvalue weighted by Gasteiger charge is -2.31. The summed E-state index contributed by atoms with van der Waals surface area (Å²) in [5.41, 5.74) is 5.17. The van der Waals surface area contributed by atoms with Crippen LogP contribution in [0, 0.1) is 0 Å². The lowest BCUT2D eigenvalue weighted by atomic mass is 9.77. The Hall–Kier alpha value is -3.28. The van der Waals surface area contributed by atoms with E-state index >= 15 is 0 Å². The molecule has 0 amide bonds. The van der Waals surface area contributed by atoms with E-state index in [1.165, 1.54) is 15.8 Å². The lowest BCUT2D eigenvalue weighted by Crippen LogP contribution is -2.30. The van der Waals surface area contributed by atoms with E-state index in [-0.39, 0.29) is 11.2 Å². The minimum atomic E-state index is -4.08. The van der Waals surface area contributed by atoms with Crippen LogP contribution in [0.4, 0.5) is 10.7 Å². The van der Waals surface area contributed by atoms with Gasteiger partial charge in [-0.3, -0.25) is 4.55 Å². The minimum absolute atomic E-state index is 0.186. The quantitative estimate of drug-likeness (QED) is 0.0412. The molecule has 2 aliphatic heterocycles. The zero-order valence-electron chi connectivity index (χ0n) is 27.1. The van der Waals surface area contributed by atoms with E-state index in [2.05, 4.69) is 72.7 Å². The molecule has 2 aliphatic rings. The van der Waals surface area contributed by atoms with Gasteiger partial charge >= 0.3 is 0 Å². The average molecular weight is 692 g/mol. The van der Waals surface area contributed by atoms with E-state index in [1.807, 2.05) is 48.6 Å². The van der Waals surface area contributed by atoms with Crippen LogP contribution in [-0.2, 0) is 25.7 Å². The Morgan fingerprint density at radius 2 is 1.70 bits per heavy atom. The van der Waals surface area contributed by atoms with Crippen LogP contribution in [0.5, 0.6) is 0 Å². The second kappa shape index (κ2) is 14.9. The van der Waals surface area contributed by atoms with Gasteiger partial charge in [0.05, 0.1) is 17.6 Å². The summed E-state index contributed by atoms with van der Waals surface area (Å²) in [6.45, 7) is 7.95. The Morgan fingerprint density at radius 3 is 2.47 bits per heavy atom. The second-order valence-electron chi connectivity index (χ2n) is 12.7. The van der Waals surface area contributed by atoms with Gasteiger partial charge in [0.25, 0.3) is 10.1 Å². The minimum Gasteiger partial charge on any atom is -0.336 e. The fourth-order valence-electron chi connectivity index (χ4n) is 6.99. The van der Waals surface area contributed by atoms with E-state index < -0.39 is 15.5 Å². The second-order valence-corrected chi connectivity index (χ2v) is 15.9. The summed E-state index contributed by atoms with van der Waals surface area (Å²) in [6.07, 6.45) is 17.4. The molecule has 0 aliphatic carbocycles. The van der Waals surface area contributed by atoms with Crippen molar-refractivity contribution in [3.05, 3.63) is 108 Å². The first-order chi connectivity index (χ1) is 22.5. The maximum absolute atomic E-state index is 11.6. The Bertz CT molecular complexity index is 1880. The van der Waals surface area contributed by atoms with Crippen molar-refractivity contribution in [1.29, 1.82) is 0 Å². The smallest absolute Gasteiger partial charge is 0.264 e. The van der Waals surface area contributed by atoms with Crippen LogP contribution in [-0.4, -0.2) is 58.7 Å². The summed E-state index contributed by atoms with van der Waals surface area (Å²) in [6, 6.07) is 16.7. The van der Waals surface area contributed by atoms with E-state index in [1.54, 1.807) is 11.3 Å². The molecular formula is C37H43N2O5S3+.